The van der Waals surface area contributed by atoms with Gasteiger partial charge in [0.15, 0.2) is 15.6 Å². The lowest BCUT2D eigenvalue weighted by Gasteiger charge is -1.98. The van der Waals surface area contributed by atoms with Gasteiger partial charge in [0.2, 0.25) is 0 Å². The summed E-state index contributed by atoms with van der Waals surface area (Å²) in [6.45, 7) is 0. The summed E-state index contributed by atoms with van der Waals surface area (Å²) in [6, 6.07) is 5.30. The highest BCUT2D eigenvalue weighted by Gasteiger charge is 2.10. The Morgan fingerprint density at radius 2 is 2.10 bits per heavy atom. The first-order chi connectivity index (χ1) is 10.2. The molecule has 0 aliphatic rings. The second kappa shape index (κ2) is 5.10. The molecule has 9 heteroatoms. The fourth-order valence-electron chi connectivity index (χ4n) is 1.60. The van der Waals surface area contributed by atoms with Crippen LogP contribution in [-0.2, 0) is 0 Å². The van der Waals surface area contributed by atoms with Crippen LogP contribution in [0.15, 0.2) is 24.5 Å². The lowest BCUT2D eigenvalue weighted by atomic mass is 10.2. The SMILES string of the molecule is N#Cc1ccc(-c2cnc3nc(NC(=O)O)sc3n2)nc1. The van der Waals surface area contributed by atoms with E-state index in [1.165, 1.54) is 12.4 Å². The van der Waals surface area contributed by atoms with Gasteiger partial charge in [-0.2, -0.15) is 10.2 Å². The van der Waals surface area contributed by atoms with Crippen molar-refractivity contribution in [2.24, 2.45) is 0 Å². The molecule has 3 aromatic rings. The molecule has 0 fully saturated rings. The predicted molar refractivity (Wildman–Crippen MR) is 74.8 cm³/mol. The first-order valence-corrected chi connectivity index (χ1v) is 6.47. The molecule has 0 atom stereocenters. The van der Waals surface area contributed by atoms with Crippen molar-refractivity contribution >= 4 is 33.0 Å². The number of amides is 1. The molecule has 8 nitrogen and oxygen atoms in total. The predicted octanol–water partition coefficient (Wildman–Crippen LogP) is 2.11. The number of aromatic nitrogens is 4. The summed E-state index contributed by atoms with van der Waals surface area (Å²) in [5, 5.41) is 19.8. The zero-order valence-corrected chi connectivity index (χ0v) is 11.1. The Hall–Kier alpha value is -3.12. The van der Waals surface area contributed by atoms with Crippen LogP contribution >= 0.6 is 11.3 Å². The molecule has 0 aliphatic heterocycles. The third-order valence-corrected chi connectivity index (χ3v) is 3.35. The van der Waals surface area contributed by atoms with Crippen LogP contribution in [0.4, 0.5) is 9.93 Å². The Bertz CT molecular complexity index is 868. The zero-order chi connectivity index (χ0) is 14.8. The molecule has 3 rings (SSSR count). The summed E-state index contributed by atoms with van der Waals surface area (Å²) in [5.41, 5.74) is 1.92. The molecule has 3 heterocycles. The highest BCUT2D eigenvalue weighted by Crippen LogP contribution is 2.25. The molecule has 0 bridgehead atoms. The van der Waals surface area contributed by atoms with E-state index in [2.05, 4.69) is 25.3 Å². The van der Waals surface area contributed by atoms with Crippen molar-refractivity contribution in [1.29, 1.82) is 5.26 Å². The van der Waals surface area contributed by atoms with Gasteiger partial charge in [-0.1, -0.05) is 11.3 Å². The summed E-state index contributed by atoms with van der Waals surface area (Å²) in [4.78, 5) is 27.7. The van der Waals surface area contributed by atoms with E-state index in [-0.39, 0.29) is 5.13 Å². The molecule has 1 amide bonds. The van der Waals surface area contributed by atoms with E-state index in [1.54, 1.807) is 12.1 Å². The number of nitrogens with one attached hydrogen (secondary N) is 1. The summed E-state index contributed by atoms with van der Waals surface area (Å²) in [6.07, 6.45) is 1.76. The number of pyridine rings is 1. The third-order valence-electron chi connectivity index (χ3n) is 2.49. The van der Waals surface area contributed by atoms with Gasteiger partial charge in [-0.25, -0.2) is 14.8 Å². The minimum Gasteiger partial charge on any atom is -0.465 e. The maximum atomic E-state index is 10.6. The average molecular weight is 298 g/mol. The van der Waals surface area contributed by atoms with E-state index in [4.69, 9.17) is 10.4 Å². The number of carbonyl (C=O) groups is 1. The number of thiazole rings is 1. The Morgan fingerprint density at radius 3 is 2.76 bits per heavy atom. The van der Waals surface area contributed by atoms with Crippen molar-refractivity contribution in [2.45, 2.75) is 0 Å². The molecule has 21 heavy (non-hydrogen) atoms. The summed E-state index contributed by atoms with van der Waals surface area (Å²) in [7, 11) is 0. The van der Waals surface area contributed by atoms with E-state index in [0.717, 1.165) is 11.3 Å². The quantitative estimate of drug-likeness (QED) is 0.742. The van der Waals surface area contributed by atoms with Gasteiger partial charge in [-0.3, -0.25) is 10.3 Å². The molecule has 102 valence electrons. The number of nitrogens with zero attached hydrogens (tertiary/aromatic N) is 5. The lowest BCUT2D eigenvalue weighted by molar-refractivity contribution is 0.210. The van der Waals surface area contributed by atoms with Crippen molar-refractivity contribution in [3.63, 3.8) is 0 Å². The highest BCUT2D eigenvalue weighted by molar-refractivity contribution is 7.21. The zero-order valence-electron chi connectivity index (χ0n) is 10.3. The van der Waals surface area contributed by atoms with Gasteiger partial charge in [0.25, 0.3) is 0 Å². The largest absolute Gasteiger partial charge is 0.465 e. The fourth-order valence-corrected chi connectivity index (χ4v) is 2.39. The molecule has 2 N–H and O–H groups in total. The minimum absolute atomic E-state index is 0.211. The molecule has 0 saturated heterocycles. The van der Waals surface area contributed by atoms with Crippen LogP contribution in [0.1, 0.15) is 5.56 Å². The van der Waals surface area contributed by atoms with E-state index in [0.29, 0.717) is 27.4 Å². The van der Waals surface area contributed by atoms with Gasteiger partial charge in [0, 0.05) is 6.20 Å². The van der Waals surface area contributed by atoms with Crippen LogP contribution in [-0.4, -0.2) is 31.1 Å². The third kappa shape index (κ3) is 2.60. The van der Waals surface area contributed by atoms with Crippen molar-refractivity contribution in [2.75, 3.05) is 5.32 Å². The highest BCUT2D eigenvalue weighted by atomic mass is 32.1. The first-order valence-electron chi connectivity index (χ1n) is 5.66. The first kappa shape index (κ1) is 12.9. The van der Waals surface area contributed by atoms with Crippen LogP contribution in [0.25, 0.3) is 21.9 Å². The monoisotopic (exact) mass is 298 g/mol. The molecular weight excluding hydrogens is 292 g/mol. The van der Waals surface area contributed by atoms with Gasteiger partial charge in [-0.05, 0) is 12.1 Å². The Balaban J connectivity index is 1.99. The van der Waals surface area contributed by atoms with Gasteiger partial charge >= 0.3 is 6.09 Å². The topological polar surface area (TPSA) is 125 Å². The number of hydrogen-bond donors (Lipinski definition) is 2. The summed E-state index contributed by atoms with van der Waals surface area (Å²) < 4.78 is 0. The second-order valence-corrected chi connectivity index (χ2v) is 4.85. The van der Waals surface area contributed by atoms with Crippen molar-refractivity contribution in [3.05, 3.63) is 30.1 Å². The fraction of sp³-hybridized carbons (Fsp3) is 0. The number of carboxylic acid groups (broad SMARTS) is 1. The number of hydrogen-bond acceptors (Lipinski definition) is 7. The standard InChI is InChI=1S/C12H6N6O2S/c13-3-6-1-2-7(14-4-6)8-5-15-9-10(16-8)21-11(17-9)18-12(19)20/h1-2,4-5H,(H,19,20)(H,15,17,18). The van der Waals surface area contributed by atoms with Gasteiger partial charge in [0.05, 0.1) is 17.5 Å². The van der Waals surface area contributed by atoms with Crippen LogP contribution in [0.2, 0.25) is 0 Å². The minimum atomic E-state index is -1.19. The molecule has 0 saturated carbocycles. The second-order valence-electron chi connectivity index (χ2n) is 3.88. The number of rotatable bonds is 2. The maximum Gasteiger partial charge on any atom is 0.410 e. The van der Waals surface area contributed by atoms with Crippen molar-refractivity contribution in [3.8, 4) is 17.5 Å². The van der Waals surface area contributed by atoms with Crippen LogP contribution < -0.4 is 5.32 Å². The number of nitriles is 1. The van der Waals surface area contributed by atoms with Gasteiger partial charge in [-0.15, -0.1) is 0 Å². The Kier molecular flexibility index (Phi) is 3.13. The summed E-state index contributed by atoms with van der Waals surface area (Å²) >= 11 is 1.09. The van der Waals surface area contributed by atoms with Crippen molar-refractivity contribution < 1.29 is 9.90 Å². The Morgan fingerprint density at radius 1 is 1.24 bits per heavy atom. The van der Waals surface area contributed by atoms with Crippen LogP contribution in [0.3, 0.4) is 0 Å². The van der Waals surface area contributed by atoms with E-state index in [1.807, 2.05) is 6.07 Å². The number of fused-ring (bicyclic) bond motifs is 1. The summed E-state index contributed by atoms with van der Waals surface area (Å²) in [5.74, 6) is 0. The molecular formula is C12H6N6O2S. The van der Waals surface area contributed by atoms with E-state index >= 15 is 0 Å². The Labute approximate surface area is 121 Å². The molecule has 0 aliphatic carbocycles. The molecule has 0 radical (unpaired) electrons. The molecule has 0 spiro atoms. The van der Waals surface area contributed by atoms with Crippen LogP contribution in [0, 0.1) is 11.3 Å². The van der Waals surface area contributed by atoms with E-state index < -0.39 is 6.09 Å². The molecule has 0 unspecified atom stereocenters. The molecule has 0 aromatic carbocycles. The maximum absolute atomic E-state index is 10.6. The molecule has 3 aromatic heterocycles. The smallest absolute Gasteiger partial charge is 0.410 e. The van der Waals surface area contributed by atoms with Crippen molar-refractivity contribution in [1.82, 2.24) is 19.9 Å². The average Bonchev–Trinajstić information content (AvgIpc) is 2.87. The number of anilines is 1. The van der Waals surface area contributed by atoms with Gasteiger partial charge in [0.1, 0.15) is 11.8 Å². The van der Waals surface area contributed by atoms with Crippen LogP contribution in [0.5, 0.6) is 0 Å². The lowest BCUT2D eigenvalue weighted by Crippen LogP contribution is -2.06. The normalized spacial score (nSPS) is 10.2. The van der Waals surface area contributed by atoms with E-state index in [9.17, 15) is 4.79 Å². The van der Waals surface area contributed by atoms with Gasteiger partial charge < -0.3 is 5.11 Å².